The van der Waals surface area contributed by atoms with E-state index in [1.165, 1.54) is 0 Å². The van der Waals surface area contributed by atoms with Crippen molar-refractivity contribution in [1.82, 2.24) is 4.90 Å². The molecular weight excluding hydrogens is 364 g/mol. The first-order valence-electron chi connectivity index (χ1n) is 8.39. The third-order valence-electron chi connectivity index (χ3n) is 4.63. The van der Waals surface area contributed by atoms with Crippen LogP contribution in [-0.2, 0) is 4.79 Å². The largest absolute Gasteiger partial charge is 0.324 e. The Morgan fingerprint density at radius 1 is 1.00 bits per heavy atom. The van der Waals surface area contributed by atoms with Crippen LogP contribution in [0.5, 0.6) is 0 Å². The Bertz CT molecular complexity index is 1070. The second kappa shape index (κ2) is 6.52. The van der Waals surface area contributed by atoms with E-state index in [1.807, 2.05) is 19.1 Å². The summed E-state index contributed by atoms with van der Waals surface area (Å²) < 4.78 is 0. The molecule has 0 bridgehead atoms. The number of aryl methyl sites for hydroxylation is 1. The molecule has 0 saturated carbocycles. The molecule has 0 radical (unpaired) electrons. The number of nitrogens with one attached hydrogen (secondary N) is 1. The molecule has 1 heterocycles. The van der Waals surface area contributed by atoms with Crippen molar-refractivity contribution in [2.24, 2.45) is 0 Å². The van der Waals surface area contributed by atoms with Crippen molar-refractivity contribution in [2.45, 2.75) is 6.92 Å². The second-order valence-electron chi connectivity index (χ2n) is 6.41. The van der Waals surface area contributed by atoms with Crippen LogP contribution in [0.25, 0.3) is 10.8 Å². The van der Waals surface area contributed by atoms with E-state index in [2.05, 4.69) is 5.32 Å². The Labute approximate surface area is 160 Å². The first-order chi connectivity index (χ1) is 13.0. The number of carbonyl (C=O) groups is 3. The van der Waals surface area contributed by atoms with Crippen LogP contribution in [0.1, 0.15) is 26.3 Å². The van der Waals surface area contributed by atoms with E-state index >= 15 is 0 Å². The quantitative estimate of drug-likeness (QED) is 0.699. The number of carbonyl (C=O) groups excluding carboxylic acids is 3. The van der Waals surface area contributed by atoms with Gasteiger partial charge in [0.15, 0.2) is 0 Å². The lowest BCUT2D eigenvalue weighted by molar-refractivity contribution is -0.116. The summed E-state index contributed by atoms with van der Waals surface area (Å²) in [5.41, 5.74) is 2.23. The van der Waals surface area contributed by atoms with Gasteiger partial charge in [0.1, 0.15) is 6.54 Å². The highest BCUT2D eigenvalue weighted by atomic mass is 35.5. The van der Waals surface area contributed by atoms with Gasteiger partial charge >= 0.3 is 0 Å². The summed E-state index contributed by atoms with van der Waals surface area (Å²) >= 11 is 5.97. The molecule has 0 fully saturated rings. The number of anilines is 1. The molecule has 0 unspecified atom stereocenters. The molecule has 1 aliphatic heterocycles. The number of imide groups is 1. The smallest absolute Gasteiger partial charge is 0.261 e. The number of rotatable bonds is 3. The third-order valence-corrected chi connectivity index (χ3v) is 4.87. The Morgan fingerprint density at radius 2 is 1.63 bits per heavy atom. The molecule has 0 saturated heterocycles. The fourth-order valence-electron chi connectivity index (χ4n) is 3.29. The van der Waals surface area contributed by atoms with Crippen LogP contribution in [-0.4, -0.2) is 29.2 Å². The van der Waals surface area contributed by atoms with Crippen LogP contribution >= 0.6 is 11.6 Å². The van der Waals surface area contributed by atoms with E-state index in [0.29, 0.717) is 27.2 Å². The van der Waals surface area contributed by atoms with Gasteiger partial charge in [-0.05, 0) is 42.1 Å². The number of halogens is 1. The standard InChI is InChI=1S/C21H15ClN2O3/c1-12-8-9-14(22)10-17(12)23-18(25)11-24-20(26)15-6-2-4-13-5-3-7-16(19(13)15)21(24)27/h2-10H,11H2,1H3,(H,23,25). The summed E-state index contributed by atoms with van der Waals surface area (Å²) in [6, 6.07) is 15.7. The van der Waals surface area contributed by atoms with E-state index < -0.39 is 17.7 Å². The molecule has 27 heavy (non-hydrogen) atoms. The van der Waals surface area contributed by atoms with Gasteiger partial charge in [0.25, 0.3) is 11.8 Å². The van der Waals surface area contributed by atoms with E-state index in [0.717, 1.165) is 15.8 Å². The Balaban J connectivity index is 1.63. The molecule has 134 valence electrons. The average molecular weight is 379 g/mol. The van der Waals surface area contributed by atoms with E-state index in [-0.39, 0.29) is 6.54 Å². The lowest BCUT2D eigenvalue weighted by Gasteiger charge is -2.26. The SMILES string of the molecule is Cc1ccc(Cl)cc1NC(=O)CN1C(=O)c2cccc3cccc(c23)C1=O. The van der Waals surface area contributed by atoms with Gasteiger partial charge in [0, 0.05) is 27.2 Å². The molecule has 1 N–H and O–H groups in total. The number of hydrogen-bond acceptors (Lipinski definition) is 3. The van der Waals surface area contributed by atoms with Crippen molar-refractivity contribution in [1.29, 1.82) is 0 Å². The summed E-state index contributed by atoms with van der Waals surface area (Å²) in [4.78, 5) is 39.1. The van der Waals surface area contributed by atoms with Gasteiger partial charge in [0.05, 0.1) is 0 Å². The molecule has 3 aromatic rings. The molecule has 0 aliphatic carbocycles. The van der Waals surface area contributed by atoms with E-state index in [9.17, 15) is 14.4 Å². The van der Waals surface area contributed by atoms with Gasteiger partial charge in [-0.15, -0.1) is 0 Å². The van der Waals surface area contributed by atoms with Crippen LogP contribution in [0, 0.1) is 6.92 Å². The summed E-state index contributed by atoms with van der Waals surface area (Å²) in [6.45, 7) is 1.47. The lowest BCUT2D eigenvalue weighted by Crippen LogP contribution is -2.44. The van der Waals surface area contributed by atoms with Crippen molar-refractivity contribution < 1.29 is 14.4 Å². The maximum Gasteiger partial charge on any atom is 0.261 e. The summed E-state index contributed by atoms with van der Waals surface area (Å²) in [5, 5.41) is 4.67. The van der Waals surface area contributed by atoms with Crippen molar-refractivity contribution in [3.8, 4) is 0 Å². The minimum atomic E-state index is -0.470. The Kier molecular flexibility index (Phi) is 4.16. The fourth-order valence-corrected chi connectivity index (χ4v) is 3.46. The van der Waals surface area contributed by atoms with Crippen LogP contribution in [0.4, 0.5) is 5.69 Å². The van der Waals surface area contributed by atoms with Gasteiger partial charge in [0.2, 0.25) is 5.91 Å². The molecule has 6 heteroatoms. The van der Waals surface area contributed by atoms with Crippen molar-refractivity contribution in [3.05, 3.63) is 76.3 Å². The molecule has 1 aliphatic rings. The zero-order valence-electron chi connectivity index (χ0n) is 14.5. The predicted octanol–water partition coefficient (Wildman–Crippen LogP) is 4.04. The zero-order valence-corrected chi connectivity index (χ0v) is 15.2. The molecule has 0 spiro atoms. The molecule has 0 aromatic heterocycles. The highest BCUT2D eigenvalue weighted by Gasteiger charge is 2.33. The first-order valence-corrected chi connectivity index (χ1v) is 8.77. The van der Waals surface area contributed by atoms with Gasteiger partial charge in [-0.2, -0.15) is 0 Å². The second-order valence-corrected chi connectivity index (χ2v) is 6.85. The Morgan fingerprint density at radius 3 is 2.26 bits per heavy atom. The van der Waals surface area contributed by atoms with E-state index in [4.69, 9.17) is 11.6 Å². The van der Waals surface area contributed by atoms with Gasteiger partial charge in [-0.1, -0.05) is 41.9 Å². The lowest BCUT2D eigenvalue weighted by atomic mass is 9.94. The molecular formula is C21H15ClN2O3. The van der Waals surface area contributed by atoms with Gasteiger partial charge < -0.3 is 5.32 Å². The molecule has 3 aromatic carbocycles. The summed E-state index contributed by atoms with van der Waals surface area (Å²) in [5.74, 6) is -1.40. The van der Waals surface area contributed by atoms with Gasteiger partial charge in [-0.3, -0.25) is 19.3 Å². The Hall–Kier alpha value is -3.18. The van der Waals surface area contributed by atoms with Crippen LogP contribution in [0.15, 0.2) is 54.6 Å². The fraction of sp³-hybridized carbons (Fsp3) is 0.0952. The minimum absolute atomic E-state index is 0.367. The minimum Gasteiger partial charge on any atom is -0.324 e. The van der Waals surface area contributed by atoms with Crippen molar-refractivity contribution in [3.63, 3.8) is 0 Å². The number of benzene rings is 3. The predicted molar refractivity (Wildman–Crippen MR) is 104 cm³/mol. The zero-order chi connectivity index (χ0) is 19.1. The monoisotopic (exact) mass is 378 g/mol. The van der Waals surface area contributed by atoms with Crippen LogP contribution in [0.2, 0.25) is 5.02 Å². The van der Waals surface area contributed by atoms with Crippen LogP contribution in [0.3, 0.4) is 0 Å². The van der Waals surface area contributed by atoms with Gasteiger partial charge in [-0.25, -0.2) is 0 Å². The highest BCUT2D eigenvalue weighted by molar-refractivity contribution is 6.31. The summed E-state index contributed by atoms with van der Waals surface area (Å²) in [6.07, 6.45) is 0. The van der Waals surface area contributed by atoms with Crippen LogP contribution < -0.4 is 5.32 Å². The van der Waals surface area contributed by atoms with E-state index in [1.54, 1.807) is 42.5 Å². The number of amides is 3. The maximum atomic E-state index is 12.8. The maximum absolute atomic E-state index is 12.8. The molecule has 4 rings (SSSR count). The summed E-state index contributed by atoms with van der Waals surface area (Å²) in [7, 11) is 0. The molecule has 5 nitrogen and oxygen atoms in total. The number of hydrogen-bond donors (Lipinski definition) is 1. The molecule has 3 amide bonds. The normalized spacial score (nSPS) is 13.2. The highest BCUT2D eigenvalue weighted by Crippen LogP contribution is 2.30. The third kappa shape index (κ3) is 2.96. The van der Waals surface area contributed by atoms with Crippen molar-refractivity contribution in [2.75, 3.05) is 11.9 Å². The molecule has 0 atom stereocenters. The number of nitrogens with zero attached hydrogens (tertiary/aromatic N) is 1. The topological polar surface area (TPSA) is 66.5 Å². The average Bonchev–Trinajstić information content (AvgIpc) is 2.66. The van der Waals surface area contributed by atoms with Crippen molar-refractivity contribution >= 4 is 45.8 Å². The first kappa shape index (κ1) is 17.2.